The Morgan fingerprint density at radius 2 is 1.31 bits per heavy atom. The van der Waals surface area contributed by atoms with E-state index >= 15 is 0 Å². The molecule has 1 aliphatic carbocycles. The Morgan fingerprint density at radius 1 is 0.731 bits per heavy atom. The van der Waals surface area contributed by atoms with E-state index in [0.29, 0.717) is 11.3 Å². The minimum absolute atomic E-state index is 0.0195. The van der Waals surface area contributed by atoms with E-state index in [1.807, 2.05) is 0 Å². The van der Waals surface area contributed by atoms with Crippen LogP contribution in [0.5, 0.6) is 28.7 Å². The highest BCUT2D eigenvalue weighted by Gasteiger charge is 2.38. The zero-order valence-electron chi connectivity index (χ0n) is 15.1. The molecule has 0 aromatic heterocycles. The fourth-order valence-corrected chi connectivity index (χ4v) is 3.28. The third kappa shape index (κ3) is 2.20. The number of carbonyl (C=O) groups excluding carboxylic acids is 2. The van der Waals surface area contributed by atoms with Crippen LogP contribution in [0, 0.1) is 6.92 Å². The molecule has 0 saturated carbocycles. The summed E-state index contributed by atoms with van der Waals surface area (Å²) in [6.07, 6.45) is 0. The normalized spacial score (nSPS) is 12.3. The molecular formula is C19H18O7. The lowest BCUT2D eigenvalue weighted by Gasteiger charge is -2.24. The van der Waals surface area contributed by atoms with Crippen LogP contribution in [0.4, 0.5) is 0 Å². The third-order valence-electron chi connectivity index (χ3n) is 4.42. The molecule has 26 heavy (non-hydrogen) atoms. The zero-order valence-corrected chi connectivity index (χ0v) is 15.1. The largest absolute Gasteiger partial charge is 0.504 e. The lowest BCUT2D eigenvalue weighted by Crippen LogP contribution is -2.23. The predicted octanol–water partition coefficient (Wildman–Crippen LogP) is 2.51. The van der Waals surface area contributed by atoms with Crippen LogP contribution >= 0.6 is 0 Å². The molecule has 7 heteroatoms. The average molecular weight is 358 g/mol. The molecule has 0 fully saturated rings. The summed E-state index contributed by atoms with van der Waals surface area (Å²) in [5.41, 5.74) is 0.783. The summed E-state index contributed by atoms with van der Waals surface area (Å²) in [5.74, 6) is -0.776. The molecule has 0 bridgehead atoms. The molecule has 136 valence electrons. The van der Waals surface area contributed by atoms with Crippen LogP contribution in [0.3, 0.4) is 0 Å². The van der Waals surface area contributed by atoms with Gasteiger partial charge in [0.2, 0.25) is 11.5 Å². The summed E-state index contributed by atoms with van der Waals surface area (Å²) in [4.78, 5) is 26.2. The van der Waals surface area contributed by atoms with Crippen LogP contribution < -0.4 is 18.9 Å². The summed E-state index contributed by atoms with van der Waals surface area (Å²) in [6.45, 7) is 1.75. The number of ketones is 2. The maximum atomic E-state index is 13.2. The van der Waals surface area contributed by atoms with Crippen molar-refractivity contribution in [1.82, 2.24) is 0 Å². The molecule has 0 aliphatic heterocycles. The Balaban J connectivity index is 2.40. The van der Waals surface area contributed by atoms with Gasteiger partial charge in [-0.25, -0.2) is 0 Å². The first-order valence-corrected chi connectivity index (χ1v) is 7.74. The van der Waals surface area contributed by atoms with Crippen molar-refractivity contribution >= 4 is 11.6 Å². The van der Waals surface area contributed by atoms with E-state index in [-0.39, 0.29) is 39.5 Å². The number of aryl methyl sites for hydroxylation is 1. The molecule has 0 amide bonds. The molecule has 3 rings (SSSR count). The third-order valence-corrected chi connectivity index (χ3v) is 4.42. The van der Waals surface area contributed by atoms with Crippen LogP contribution in [0.15, 0.2) is 12.1 Å². The van der Waals surface area contributed by atoms with Gasteiger partial charge in [0.25, 0.3) is 0 Å². The number of methoxy groups -OCH3 is 4. The van der Waals surface area contributed by atoms with Gasteiger partial charge in [-0.05, 0) is 24.6 Å². The lowest BCUT2D eigenvalue weighted by atomic mass is 9.81. The Labute approximate surface area is 150 Å². The van der Waals surface area contributed by atoms with E-state index in [0.717, 1.165) is 0 Å². The minimum atomic E-state index is -0.553. The Bertz CT molecular complexity index is 940. The Kier molecular flexibility index (Phi) is 4.23. The molecule has 7 nitrogen and oxygen atoms in total. The number of phenols is 1. The van der Waals surface area contributed by atoms with Gasteiger partial charge < -0.3 is 24.1 Å². The monoisotopic (exact) mass is 358 g/mol. The van der Waals surface area contributed by atoms with Gasteiger partial charge >= 0.3 is 0 Å². The SMILES string of the molecule is COc1cc2c(c(O)c1OC)C(=O)c1c(cc(C)c(OC)c1OC)C2=O. The van der Waals surface area contributed by atoms with E-state index in [1.54, 1.807) is 13.0 Å². The Hall–Kier alpha value is -3.22. The van der Waals surface area contributed by atoms with Crippen molar-refractivity contribution in [2.45, 2.75) is 6.92 Å². The number of benzene rings is 2. The van der Waals surface area contributed by atoms with Gasteiger partial charge in [-0.1, -0.05) is 0 Å². The first kappa shape index (κ1) is 17.6. The van der Waals surface area contributed by atoms with Crippen LogP contribution in [-0.2, 0) is 0 Å². The summed E-state index contributed by atoms with van der Waals surface area (Å²) >= 11 is 0. The molecular weight excluding hydrogens is 340 g/mol. The van der Waals surface area contributed by atoms with E-state index in [1.165, 1.54) is 34.5 Å². The molecule has 1 aliphatic rings. The summed E-state index contributed by atoms with van der Waals surface area (Å²) in [5, 5.41) is 10.6. The molecule has 0 saturated heterocycles. The van der Waals surface area contributed by atoms with Crippen molar-refractivity contribution in [3.05, 3.63) is 39.9 Å². The molecule has 2 aromatic carbocycles. The van der Waals surface area contributed by atoms with Gasteiger partial charge in [0.1, 0.15) is 0 Å². The highest BCUT2D eigenvalue weighted by Crippen LogP contribution is 2.48. The van der Waals surface area contributed by atoms with Gasteiger partial charge in [0.15, 0.2) is 28.8 Å². The first-order valence-electron chi connectivity index (χ1n) is 7.74. The van der Waals surface area contributed by atoms with Crippen molar-refractivity contribution in [1.29, 1.82) is 0 Å². The zero-order chi connectivity index (χ0) is 19.2. The van der Waals surface area contributed by atoms with Crippen molar-refractivity contribution in [3.63, 3.8) is 0 Å². The maximum absolute atomic E-state index is 13.2. The highest BCUT2D eigenvalue weighted by molar-refractivity contribution is 6.31. The second-order valence-corrected chi connectivity index (χ2v) is 5.72. The molecule has 0 heterocycles. The van der Waals surface area contributed by atoms with E-state index in [4.69, 9.17) is 18.9 Å². The smallest absolute Gasteiger partial charge is 0.203 e. The highest BCUT2D eigenvalue weighted by atomic mass is 16.5. The fraction of sp³-hybridized carbons (Fsp3) is 0.263. The fourth-order valence-electron chi connectivity index (χ4n) is 3.28. The number of ether oxygens (including phenoxy) is 4. The average Bonchev–Trinajstić information content (AvgIpc) is 2.64. The van der Waals surface area contributed by atoms with Gasteiger partial charge in [-0.15, -0.1) is 0 Å². The quantitative estimate of drug-likeness (QED) is 0.766. The van der Waals surface area contributed by atoms with Crippen LogP contribution in [0.1, 0.15) is 37.4 Å². The molecule has 1 N–H and O–H groups in total. The predicted molar refractivity (Wildman–Crippen MR) is 92.4 cm³/mol. The van der Waals surface area contributed by atoms with Crippen molar-refractivity contribution in [3.8, 4) is 28.7 Å². The number of fused-ring (bicyclic) bond motifs is 2. The van der Waals surface area contributed by atoms with Crippen molar-refractivity contribution in [2.24, 2.45) is 0 Å². The number of hydrogen-bond donors (Lipinski definition) is 1. The molecule has 0 spiro atoms. The number of rotatable bonds is 4. The minimum Gasteiger partial charge on any atom is -0.504 e. The molecule has 2 aromatic rings. The number of carbonyl (C=O) groups is 2. The van der Waals surface area contributed by atoms with E-state index in [2.05, 4.69) is 0 Å². The van der Waals surface area contributed by atoms with Crippen molar-refractivity contribution in [2.75, 3.05) is 28.4 Å². The molecule has 0 unspecified atom stereocenters. The first-order chi connectivity index (χ1) is 12.4. The summed E-state index contributed by atoms with van der Waals surface area (Å²) in [7, 11) is 5.55. The maximum Gasteiger partial charge on any atom is 0.203 e. The van der Waals surface area contributed by atoms with Crippen molar-refractivity contribution < 1.29 is 33.6 Å². The van der Waals surface area contributed by atoms with Crippen LogP contribution in [0.25, 0.3) is 0 Å². The van der Waals surface area contributed by atoms with Gasteiger partial charge in [-0.2, -0.15) is 0 Å². The molecule has 0 atom stereocenters. The lowest BCUT2D eigenvalue weighted by molar-refractivity contribution is 0.0972. The second-order valence-electron chi connectivity index (χ2n) is 5.72. The number of phenolic OH excluding ortho intramolecular Hbond substituents is 1. The molecule has 0 radical (unpaired) electrons. The number of aromatic hydroxyl groups is 1. The van der Waals surface area contributed by atoms with Crippen LogP contribution in [0.2, 0.25) is 0 Å². The standard InChI is InChI=1S/C19H18O7/c1-8-6-9-13(19(26-5)17(8)24-3)15(21)12-10(14(9)20)7-11(23-2)18(25-4)16(12)22/h6-7,22H,1-5H3. The topological polar surface area (TPSA) is 91.3 Å². The van der Waals surface area contributed by atoms with Crippen LogP contribution in [-0.4, -0.2) is 45.1 Å². The Morgan fingerprint density at radius 3 is 1.85 bits per heavy atom. The van der Waals surface area contributed by atoms with Gasteiger partial charge in [0.05, 0.1) is 39.6 Å². The van der Waals surface area contributed by atoms with Gasteiger partial charge in [0, 0.05) is 11.1 Å². The number of hydrogen-bond acceptors (Lipinski definition) is 7. The van der Waals surface area contributed by atoms with E-state index < -0.39 is 17.3 Å². The summed E-state index contributed by atoms with van der Waals surface area (Å²) in [6, 6.07) is 2.97. The van der Waals surface area contributed by atoms with E-state index in [9.17, 15) is 14.7 Å². The van der Waals surface area contributed by atoms with Gasteiger partial charge in [-0.3, -0.25) is 9.59 Å². The summed E-state index contributed by atoms with van der Waals surface area (Å²) < 4.78 is 21.0. The second kappa shape index (κ2) is 6.25.